The number of rotatable bonds is 7. The first-order chi connectivity index (χ1) is 14.2. The summed E-state index contributed by atoms with van der Waals surface area (Å²) < 4.78 is 42.5. The minimum atomic E-state index is -4.41. The van der Waals surface area contributed by atoms with Gasteiger partial charge in [-0.05, 0) is 36.2 Å². The number of hydrogen-bond acceptors (Lipinski definition) is 3. The highest BCUT2D eigenvalue weighted by Gasteiger charge is 2.28. The summed E-state index contributed by atoms with van der Waals surface area (Å²) in [4.78, 5) is 15.9. The predicted molar refractivity (Wildman–Crippen MR) is 110 cm³/mol. The van der Waals surface area contributed by atoms with Crippen molar-refractivity contribution in [3.8, 4) is 5.75 Å². The van der Waals surface area contributed by atoms with E-state index in [1.807, 2.05) is 6.07 Å². The molecule has 30 heavy (non-hydrogen) atoms. The van der Waals surface area contributed by atoms with E-state index in [0.29, 0.717) is 23.6 Å². The lowest BCUT2D eigenvalue weighted by Gasteiger charge is -2.16. The van der Waals surface area contributed by atoms with E-state index in [1.165, 1.54) is 0 Å². The molecule has 3 N–H and O–H groups in total. The molecule has 0 aliphatic rings. The van der Waals surface area contributed by atoms with Crippen LogP contribution in [0.2, 0.25) is 0 Å². The summed E-state index contributed by atoms with van der Waals surface area (Å²) in [5.74, 6) is 0.460. The van der Waals surface area contributed by atoms with Crippen molar-refractivity contribution in [2.75, 3.05) is 20.7 Å². The Bertz CT molecular complexity index is 898. The number of nitrogens with zero attached hydrogens (tertiary/aromatic N) is 1. The summed E-state index contributed by atoms with van der Waals surface area (Å²) in [6, 6.07) is 12.2. The molecule has 0 saturated heterocycles. The molecule has 0 bridgehead atoms. The van der Waals surface area contributed by atoms with Crippen LogP contribution in [-0.4, -0.2) is 38.7 Å². The predicted octanol–water partition coefficient (Wildman–Crippen LogP) is 3.16. The quantitative estimate of drug-likeness (QED) is 0.473. The van der Waals surface area contributed by atoms with Gasteiger partial charge in [-0.15, -0.1) is 0 Å². The molecule has 162 valence electrons. The van der Waals surface area contributed by atoms with E-state index >= 15 is 0 Å². The highest BCUT2D eigenvalue weighted by molar-refractivity contribution is 5.94. The third-order valence-corrected chi connectivity index (χ3v) is 4.16. The third kappa shape index (κ3) is 7.31. The molecular formula is C21H25F3N4O2. The van der Waals surface area contributed by atoms with E-state index in [-0.39, 0.29) is 18.2 Å². The topological polar surface area (TPSA) is 74.8 Å². The first-order valence-corrected chi connectivity index (χ1v) is 9.26. The molecule has 0 fully saturated rings. The van der Waals surface area contributed by atoms with Crippen LogP contribution < -0.4 is 20.7 Å². The molecule has 2 rings (SSSR count). The van der Waals surface area contributed by atoms with Crippen molar-refractivity contribution in [2.24, 2.45) is 4.99 Å². The second-order valence-electron chi connectivity index (χ2n) is 6.57. The maximum atomic E-state index is 12.5. The normalized spacial score (nSPS) is 11.7. The van der Waals surface area contributed by atoms with Gasteiger partial charge in [0.15, 0.2) is 12.6 Å². The minimum absolute atomic E-state index is 0.175. The van der Waals surface area contributed by atoms with E-state index in [1.54, 1.807) is 57.4 Å². The van der Waals surface area contributed by atoms with E-state index in [4.69, 9.17) is 4.74 Å². The maximum Gasteiger partial charge on any atom is 0.422 e. The van der Waals surface area contributed by atoms with Crippen LogP contribution in [0.1, 0.15) is 27.0 Å². The van der Waals surface area contributed by atoms with Crippen molar-refractivity contribution in [3.05, 3.63) is 64.7 Å². The van der Waals surface area contributed by atoms with Gasteiger partial charge in [0.1, 0.15) is 5.75 Å². The number of aliphatic imine (C=N–C) groups is 1. The summed E-state index contributed by atoms with van der Waals surface area (Å²) in [5.41, 5.74) is 2.80. The molecule has 2 aromatic rings. The number of alkyl halides is 3. The summed E-state index contributed by atoms with van der Waals surface area (Å²) in [6.07, 6.45) is -4.41. The third-order valence-electron chi connectivity index (χ3n) is 4.16. The number of carbonyl (C=O) groups is 1. The van der Waals surface area contributed by atoms with E-state index in [2.05, 4.69) is 20.9 Å². The molecule has 0 aliphatic heterocycles. The Kier molecular flexibility index (Phi) is 8.08. The first-order valence-electron chi connectivity index (χ1n) is 9.26. The second-order valence-corrected chi connectivity index (χ2v) is 6.57. The molecule has 0 atom stereocenters. The Morgan fingerprint density at radius 2 is 1.83 bits per heavy atom. The average Bonchev–Trinajstić information content (AvgIpc) is 2.72. The Morgan fingerprint density at radius 1 is 1.10 bits per heavy atom. The van der Waals surface area contributed by atoms with E-state index in [9.17, 15) is 18.0 Å². The maximum absolute atomic E-state index is 12.5. The Hall–Kier alpha value is -3.23. The summed E-state index contributed by atoms with van der Waals surface area (Å²) >= 11 is 0. The molecule has 2 aromatic carbocycles. The van der Waals surface area contributed by atoms with Crippen molar-refractivity contribution in [1.82, 2.24) is 16.0 Å². The zero-order valence-electron chi connectivity index (χ0n) is 17.1. The monoisotopic (exact) mass is 422 g/mol. The standard InChI is InChI=1S/C21H25F3N4O2/c1-14-7-8-17(18(9-14)30-13-21(22,23)24)12-28-20(26-3)27-11-15-5-4-6-16(10-15)19(29)25-2/h4-10H,11-13H2,1-3H3,(H,25,29)(H2,26,27,28). The van der Waals surface area contributed by atoms with Crippen LogP contribution in [0.4, 0.5) is 13.2 Å². The number of aryl methyl sites for hydroxylation is 1. The van der Waals surface area contributed by atoms with Crippen LogP contribution in [0.25, 0.3) is 0 Å². The summed E-state index contributed by atoms with van der Waals surface area (Å²) in [5, 5.41) is 8.75. The number of nitrogens with one attached hydrogen (secondary N) is 3. The molecule has 0 unspecified atom stereocenters. The summed E-state index contributed by atoms with van der Waals surface area (Å²) in [7, 11) is 3.16. The fourth-order valence-corrected chi connectivity index (χ4v) is 2.65. The molecule has 0 aliphatic carbocycles. The van der Waals surface area contributed by atoms with Crippen LogP contribution in [0.5, 0.6) is 5.75 Å². The Morgan fingerprint density at radius 3 is 2.50 bits per heavy atom. The summed E-state index contributed by atoms with van der Waals surface area (Å²) in [6.45, 7) is 1.07. The lowest BCUT2D eigenvalue weighted by atomic mass is 10.1. The zero-order valence-corrected chi connectivity index (χ0v) is 17.1. The van der Waals surface area contributed by atoms with Crippen molar-refractivity contribution in [1.29, 1.82) is 0 Å². The number of benzene rings is 2. The fourth-order valence-electron chi connectivity index (χ4n) is 2.65. The molecule has 0 spiro atoms. The number of amides is 1. The van der Waals surface area contributed by atoms with Gasteiger partial charge in [0.25, 0.3) is 5.91 Å². The molecule has 0 saturated carbocycles. The lowest BCUT2D eigenvalue weighted by Crippen LogP contribution is -2.36. The van der Waals surface area contributed by atoms with Crippen LogP contribution in [0.15, 0.2) is 47.5 Å². The van der Waals surface area contributed by atoms with Crippen LogP contribution >= 0.6 is 0 Å². The largest absolute Gasteiger partial charge is 0.484 e. The van der Waals surface area contributed by atoms with Gasteiger partial charge in [-0.2, -0.15) is 13.2 Å². The molecule has 0 radical (unpaired) electrons. The average molecular weight is 422 g/mol. The van der Waals surface area contributed by atoms with Gasteiger partial charge >= 0.3 is 6.18 Å². The van der Waals surface area contributed by atoms with Crippen molar-refractivity contribution in [2.45, 2.75) is 26.2 Å². The van der Waals surface area contributed by atoms with Crippen LogP contribution in [0, 0.1) is 6.92 Å². The van der Waals surface area contributed by atoms with Gasteiger partial charge in [-0.3, -0.25) is 9.79 Å². The molecule has 6 nitrogen and oxygen atoms in total. The fraction of sp³-hybridized carbons (Fsp3) is 0.333. The molecule has 0 aromatic heterocycles. The minimum Gasteiger partial charge on any atom is -0.484 e. The van der Waals surface area contributed by atoms with Gasteiger partial charge in [0.2, 0.25) is 0 Å². The van der Waals surface area contributed by atoms with Gasteiger partial charge in [0, 0.05) is 38.3 Å². The Labute approximate surface area is 173 Å². The second kappa shape index (κ2) is 10.5. The molecular weight excluding hydrogens is 397 g/mol. The highest BCUT2D eigenvalue weighted by Crippen LogP contribution is 2.23. The SMILES string of the molecule is CN=C(NCc1cccc(C(=O)NC)c1)NCc1ccc(C)cc1OCC(F)(F)F. The van der Waals surface area contributed by atoms with Crippen LogP contribution in [-0.2, 0) is 13.1 Å². The van der Waals surface area contributed by atoms with Gasteiger partial charge in [-0.1, -0.05) is 24.3 Å². The number of guanidine groups is 1. The van der Waals surface area contributed by atoms with Crippen molar-refractivity contribution in [3.63, 3.8) is 0 Å². The molecule has 0 heterocycles. The van der Waals surface area contributed by atoms with Crippen molar-refractivity contribution < 1.29 is 22.7 Å². The van der Waals surface area contributed by atoms with E-state index < -0.39 is 12.8 Å². The van der Waals surface area contributed by atoms with Crippen molar-refractivity contribution >= 4 is 11.9 Å². The number of hydrogen-bond donors (Lipinski definition) is 3. The van der Waals surface area contributed by atoms with E-state index in [0.717, 1.165) is 11.1 Å². The number of halogens is 3. The van der Waals surface area contributed by atoms with Gasteiger partial charge < -0.3 is 20.7 Å². The Balaban J connectivity index is 1.98. The number of ether oxygens (including phenoxy) is 1. The smallest absolute Gasteiger partial charge is 0.422 e. The van der Waals surface area contributed by atoms with Gasteiger partial charge in [0.05, 0.1) is 0 Å². The zero-order chi connectivity index (χ0) is 22.1. The highest BCUT2D eigenvalue weighted by atomic mass is 19.4. The lowest BCUT2D eigenvalue weighted by molar-refractivity contribution is -0.153. The van der Waals surface area contributed by atoms with Crippen LogP contribution in [0.3, 0.4) is 0 Å². The van der Waals surface area contributed by atoms with Gasteiger partial charge in [-0.25, -0.2) is 0 Å². The number of carbonyl (C=O) groups excluding carboxylic acids is 1. The first kappa shape index (κ1) is 23.1. The molecule has 1 amide bonds. The molecule has 9 heteroatoms.